The lowest BCUT2D eigenvalue weighted by Gasteiger charge is -2.28. The molecule has 5 heteroatoms. The maximum Gasteiger partial charge on any atom is 0.0925 e. The van der Waals surface area contributed by atoms with Gasteiger partial charge in [0.2, 0.25) is 0 Å². The first-order valence-corrected chi connectivity index (χ1v) is 12.8. The van der Waals surface area contributed by atoms with E-state index in [9.17, 15) is 5.41 Å². The largest absolute Gasteiger partial charge is 0.763 e. The average molecular weight is 486 g/mol. The van der Waals surface area contributed by atoms with Crippen molar-refractivity contribution in [2.75, 3.05) is 7.11 Å². The molecule has 0 aromatic carbocycles. The predicted octanol–water partition coefficient (Wildman–Crippen LogP) is 4.58. The second kappa shape index (κ2) is 14.2. The predicted molar refractivity (Wildman–Crippen MR) is 155 cm³/mol. The van der Waals surface area contributed by atoms with Gasteiger partial charge in [0.05, 0.1) is 29.3 Å². The topological polar surface area (TPSA) is 72.7 Å². The average Bonchev–Trinajstić information content (AvgIpc) is 3.14. The fourth-order valence-electron chi connectivity index (χ4n) is 4.44. The maximum atomic E-state index is 10.2. The van der Waals surface area contributed by atoms with Crippen LogP contribution in [0.5, 0.6) is 0 Å². The zero-order valence-electron chi connectivity index (χ0n) is 22.6. The molecule has 0 amide bonds. The quantitative estimate of drug-likeness (QED) is 0.263. The first-order chi connectivity index (χ1) is 17.4. The van der Waals surface area contributed by atoms with Crippen LogP contribution in [-0.4, -0.2) is 29.5 Å². The molecule has 0 radical (unpaired) electrons. The minimum absolute atomic E-state index is 0.312. The van der Waals surface area contributed by atoms with E-state index in [1.54, 1.807) is 25.5 Å². The maximum absolute atomic E-state index is 10.2. The van der Waals surface area contributed by atoms with Gasteiger partial charge in [-0.05, 0) is 69.6 Å². The van der Waals surface area contributed by atoms with E-state index < -0.39 is 0 Å². The minimum atomic E-state index is 0.312. The molecule has 36 heavy (non-hydrogen) atoms. The molecular formula is C31H41N4O-. The lowest BCUT2D eigenvalue weighted by atomic mass is 9.93. The SMILES string of the molecule is C=C\C=c1/c(=C=[N-])c(=C(C)N=CC(C=C)=CCC(=N)C(CC)CC)n(C2CCC2)/c1=C/C=C(\C)OC. The number of hydrogen-bond donors (Lipinski definition) is 1. The fourth-order valence-corrected chi connectivity index (χ4v) is 4.44. The van der Waals surface area contributed by atoms with Gasteiger partial charge in [0.25, 0.3) is 0 Å². The molecule has 5 nitrogen and oxygen atoms in total. The van der Waals surface area contributed by atoms with Gasteiger partial charge in [0, 0.05) is 34.8 Å². The Morgan fingerprint density at radius 3 is 2.44 bits per heavy atom. The van der Waals surface area contributed by atoms with Crippen LogP contribution in [0, 0.1) is 11.3 Å². The highest BCUT2D eigenvalue weighted by atomic mass is 16.5. The van der Waals surface area contributed by atoms with Crippen LogP contribution in [0.15, 0.2) is 53.8 Å². The number of methoxy groups -OCH3 is 1. The zero-order valence-corrected chi connectivity index (χ0v) is 22.6. The standard InChI is InChI=1S/C31H41N4O/c1-8-13-27-28(20-32)31(35(26-14-12-15-26)30(27)19-16-22(5)36-7)23(6)34-21-24(9-2)17-18-29(33)25(10-3)11-4/h8-9,13,16-17,19,21,25-26,33H,1-2,10-12,14-15,18H2,3-7H3/q-1/b22-16+,24-17?,27-13+,30-19+,31-23?,33-29?,34-21?. The van der Waals surface area contributed by atoms with Gasteiger partial charge >= 0.3 is 0 Å². The van der Waals surface area contributed by atoms with Crippen LogP contribution in [0.2, 0.25) is 0 Å². The van der Waals surface area contributed by atoms with Crippen molar-refractivity contribution in [1.29, 1.82) is 5.41 Å². The first kappa shape index (κ1) is 28.8. The Kier molecular flexibility index (Phi) is 11.4. The van der Waals surface area contributed by atoms with Gasteiger partial charge in [0.15, 0.2) is 0 Å². The molecule has 0 bridgehead atoms. The van der Waals surface area contributed by atoms with Crippen molar-refractivity contribution in [2.45, 2.75) is 72.3 Å². The molecular weight excluding hydrogens is 444 g/mol. The summed E-state index contributed by atoms with van der Waals surface area (Å²) in [6.45, 7) is 15.9. The van der Waals surface area contributed by atoms with Crippen LogP contribution in [0.4, 0.5) is 0 Å². The highest BCUT2D eigenvalue weighted by Crippen LogP contribution is 2.28. The lowest BCUT2D eigenvalue weighted by molar-refractivity contribution is 0.294. The van der Waals surface area contributed by atoms with E-state index in [1.165, 1.54) is 6.42 Å². The lowest BCUT2D eigenvalue weighted by Crippen LogP contribution is -2.39. The number of nitrogens with one attached hydrogen (secondary N) is 1. The van der Waals surface area contributed by atoms with Crippen molar-refractivity contribution in [3.8, 4) is 0 Å². The Morgan fingerprint density at radius 2 is 1.94 bits per heavy atom. The van der Waals surface area contributed by atoms with Crippen molar-refractivity contribution in [1.82, 2.24) is 4.57 Å². The minimum Gasteiger partial charge on any atom is -0.763 e. The molecule has 2 rings (SSSR count). The van der Waals surface area contributed by atoms with Crippen molar-refractivity contribution in [2.24, 2.45) is 10.9 Å². The van der Waals surface area contributed by atoms with Gasteiger partial charge in [-0.1, -0.05) is 51.3 Å². The van der Waals surface area contributed by atoms with Gasteiger partial charge in [-0.2, -0.15) is 0 Å². The molecule has 1 aromatic rings. The van der Waals surface area contributed by atoms with Crippen molar-refractivity contribution in [3.63, 3.8) is 0 Å². The first-order valence-electron chi connectivity index (χ1n) is 12.8. The fraction of sp³-hybridized carbons (Fsp3) is 0.419. The highest BCUT2D eigenvalue weighted by Gasteiger charge is 2.22. The van der Waals surface area contributed by atoms with Gasteiger partial charge in [0.1, 0.15) is 0 Å². The van der Waals surface area contributed by atoms with E-state index in [0.717, 1.165) is 64.3 Å². The van der Waals surface area contributed by atoms with Crippen LogP contribution in [0.25, 0.3) is 23.3 Å². The summed E-state index contributed by atoms with van der Waals surface area (Å²) < 4.78 is 7.60. The summed E-state index contributed by atoms with van der Waals surface area (Å²) in [5.74, 6) is 3.54. The van der Waals surface area contributed by atoms with Crippen molar-refractivity contribution < 1.29 is 4.74 Å². The summed E-state index contributed by atoms with van der Waals surface area (Å²) in [6, 6.07) is 0.321. The van der Waals surface area contributed by atoms with Gasteiger partial charge < -0.3 is 20.1 Å². The monoisotopic (exact) mass is 485 g/mol. The summed E-state index contributed by atoms with van der Waals surface area (Å²) in [5, 5.41) is 21.8. The number of ether oxygens (including phenoxy) is 1. The molecule has 1 saturated carbocycles. The molecule has 1 aromatic heterocycles. The van der Waals surface area contributed by atoms with Crippen molar-refractivity contribution in [3.05, 3.63) is 75.3 Å². The number of nitrogens with zero attached hydrogens (tertiary/aromatic N) is 3. The molecule has 0 atom stereocenters. The molecule has 1 aliphatic carbocycles. The number of hydrogen-bond acceptors (Lipinski definition) is 3. The highest BCUT2D eigenvalue weighted by molar-refractivity contribution is 5.89. The van der Waals surface area contributed by atoms with Gasteiger partial charge in [-0.15, -0.1) is 0 Å². The van der Waals surface area contributed by atoms with E-state index in [2.05, 4.69) is 37.4 Å². The third kappa shape index (κ3) is 6.83. The number of aliphatic imine (C=N–C) groups is 1. The number of aromatic nitrogens is 1. The van der Waals surface area contributed by atoms with Crippen LogP contribution < -0.4 is 21.1 Å². The van der Waals surface area contributed by atoms with Crippen LogP contribution in [-0.2, 0) is 4.74 Å². The van der Waals surface area contributed by atoms with Crippen molar-refractivity contribution >= 4 is 35.6 Å². The van der Waals surface area contributed by atoms with Crippen LogP contribution in [0.1, 0.15) is 72.3 Å². The summed E-state index contributed by atoms with van der Waals surface area (Å²) in [6.07, 6.45) is 19.0. The van der Waals surface area contributed by atoms with Crippen LogP contribution in [0.3, 0.4) is 0 Å². The van der Waals surface area contributed by atoms with E-state index in [1.807, 2.05) is 38.2 Å². The van der Waals surface area contributed by atoms with Crippen LogP contribution >= 0.6 is 0 Å². The Bertz CT molecular complexity index is 1320. The smallest absolute Gasteiger partial charge is 0.0925 e. The zero-order chi connectivity index (χ0) is 26.7. The third-order valence-electron chi connectivity index (χ3n) is 6.94. The number of rotatable bonds is 12. The van der Waals surface area contributed by atoms with Gasteiger partial charge in [-0.3, -0.25) is 10.9 Å². The molecule has 1 N–H and O–H groups in total. The van der Waals surface area contributed by atoms with E-state index in [0.29, 0.717) is 23.6 Å². The summed E-state index contributed by atoms with van der Waals surface area (Å²) in [5.41, 5.74) is 2.38. The molecule has 1 fully saturated rings. The molecule has 0 unspecified atom stereocenters. The molecule has 1 heterocycles. The Hall–Kier alpha value is -3.43. The Balaban J connectivity index is 2.75. The van der Waals surface area contributed by atoms with E-state index in [-0.39, 0.29) is 0 Å². The molecule has 0 aliphatic heterocycles. The summed E-state index contributed by atoms with van der Waals surface area (Å²) in [4.78, 5) is 4.78. The van der Waals surface area contributed by atoms with E-state index >= 15 is 0 Å². The number of allylic oxidation sites excluding steroid dienone is 6. The molecule has 0 saturated heterocycles. The van der Waals surface area contributed by atoms with E-state index in [4.69, 9.17) is 15.1 Å². The molecule has 192 valence electrons. The Labute approximate surface area is 216 Å². The molecule has 0 spiro atoms. The summed E-state index contributed by atoms with van der Waals surface area (Å²) in [7, 11) is 1.65. The summed E-state index contributed by atoms with van der Waals surface area (Å²) >= 11 is 0. The normalized spacial score (nSPS) is 16.8. The second-order valence-corrected chi connectivity index (χ2v) is 9.13. The third-order valence-corrected chi connectivity index (χ3v) is 6.94. The van der Waals surface area contributed by atoms with Gasteiger partial charge in [-0.25, -0.2) is 0 Å². The Morgan fingerprint density at radius 1 is 1.25 bits per heavy atom. The molecule has 1 aliphatic rings. The second-order valence-electron chi connectivity index (χ2n) is 9.13.